The number of urea groups is 1. The highest BCUT2D eigenvalue weighted by atomic mass is 19.4. The summed E-state index contributed by atoms with van der Waals surface area (Å²) in [4.78, 5) is 17.9. The number of halogens is 3. The number of H-pyrrole nitrogens is 1. The Bertz CT molecular complexity index is 1050. The third kappa shape index (κ3) is 4.28. The number of amides is 2. The van der Waals surface area contributed by atoms with Crippen molar-refractivity contribution in [3.05, 3.63) is 59.8 Å². The number of para-hydroxylation sites is 1. The standard InChI is InChI=1S/C22H23F3N4O/c1-29-10-8-14(9-11-29)17-13-26-19-7-6-15(12-16(17)19)27-21(30)28-20-5-3-2-4-18(20)22(23,24)25/h2-7,12-14,26H,8-11H2,1H3,(H2,27,28,30). The van der Waals surface area contributed by atoms with Gasteiger partial charge in [0.1, 0.15) is 0 Å². The fourth-order valence-corrected chi connectivity index (χ4v) is 4.00. The normalized spacial score (nSPS) is 16.0. The quantitative estimate of drug-likeness (QED) is 0.518. The van der Waals surface area contributed by atoms with E-state index in [4.69, 9.17) is 0 Å². The Morgan fingerprint density at radius 3 is 2.57 bits per heavy atom. The maximum absolute atomic E-state index is 13.1. The number of aromatic nitrogens is 1. The highest BCUT2D eigenvalue weighted by Gasteiger charge is 2.33. The molecule has 2 amide bonds. The summed E-state index contributed by atoms with van der Waals surface area (Å²) in [6.45, 7) is 2.08. The van der Waals surface area contributed by atoms with Crippen LogP contribution in [0.25, 0.3) is 10.9 Å². The summed E-state index contributed by atoms with van der Waals surface area (Å²) < 4.78 is 39.4. The average molecular weight is 416 g/mol. The minimum absolute atomic E-state index is 0.280. The first-order chi connectivity index (χ1) is 14.3. The number of alkyl halides is 3. The van der Waals surface area contributed by atoms with Crippen LogP contribution in [0.1, 0.15) is 29.9 Å². The lowest BCUT2D eigenvalue weighted by atomic mass is 9.89. The number of nitrogens with one attached hydrogen (secondary N) is 3. The smallest absolute Gasteiger partial charge is 0.361 e. The molecule has 158 valence electrons. The molecule has 5 nitrogen and oxygen atoms in total. The van der Waals surface area contributed by atoms with Crippen molar-refractivity contribution in [1.29, 1.82) is 0 Å². The molecule has 1 aliphatic rings. The van der Waals surface area contributed by atoms with Gasteiger partial charge in [-0.25, -0.2) is 4.79 Å². The van der Waals surface area contributed by atoms with Gasteiger partial charge in [-0.3, -0.25) is 0 Å². The summed E-state index contributed by atoms with van der Waals surface area (Å²) in [5, 5.41) is 5.98. The van der Waals surface area contributed by atoms with Gasteiger partial charge in [-0.15, -0.1) is 0 Å². The molecule has 2 aromatic carbocycles. The van der Waals surface area contributed by atoms with Crippen molar-refractivity contribution >= 4 is 28.3 Å². The van der Waals surface area contributed by atoms with E-state index >= 15 is 0 Å². The van der Waals surface area contributed by atoms with E-state index in [0.717, 1.165) is 42.9 Å². The van der Waals surface area contributed by atoms with E-state index in [1.54, 1.807) is 6.07 Å². The number of nitrogens with zero attached hydrogens (tertiary/aromatic N) is 1. The summed E-state index contributed by atoms with van der Waals surface area (Å²) in [6.07, 6.45) is -0.396. The number of anilines is 2. The van der Waals surface area contributed by atoms with Crippen LogP contribution in [-0.4, -0.2) is 36.1 Å². The van der Waals surface area contributed by atoms with Crippen LogP contribution < -0.4 is 10.6 Å². The van der Waals surface area contributed by atoms with E-state index in [-0.39, 0.29) is 5.69 Å². The molecule has 0 atom stereocenters. The van der Waals surface area contributed by atoms with Gasteiger partial charge in [0.2, 0.25) is 0 Å². The van der Waals surface area contributed by atoms with Crippen LogP contribution in [0, 0.1) is 0 Å². The molecule has 0 spiro atoms. The molecule has 8 heteroatoms. The van der Waals surface area contributed by atoms with Crippen molar-refractivity contribution in [2.45, 2.75) is 24.9 Å². The van der Waals surface area contributed by atoms with Crippen molar-refractivity contribution in [3.8, 4) is 0 Å². The second-order valence-corrected chi connectivity index (χ2v) is 7.70. The minimum Gasteiger partial charge on any atom is -0.361 e. The van der Waals surface area contributed by atoms with Gasteiger partial charge in [0.05, 0.1) is 11.3 Å². The average Bonchev–Trinajstić information content (AvgIpc) is 3.11. The van der Waals surface area contributed by atoms with Crippen molar-refractivity contribution < 1.29 is 18.0 Å². The molecule has 4 rings (SSSR count). The summed E-state index contributed by atoms with van der Waals surface area (Å²) in [7, 11) is 2.11. The Hall–Kier alpha value is -3.00. The summed E-state index contributed by atoms with van der Waals surface area (Å²) in [5.74, 6) is 0.442. The lowest BCUT2D eigenvalue weighted by Crippen LogP contribution is -2.29. The maximum atomic E-state index is 13.1. The van der Waals surface area contributed by atoms with Gasteiger partial charge in [0.25, 0.3) is 0 Å². The topological polar surface area (TPSA) is 60.2 Å². The maximum Gasteiger partial charge on any atom is 0.418 e. The molecule has 0 radical (unpaired) electrons. The van der Waals surface area contributed by atoms with E-state index in [0.29, 0.717) is 11.6 Å². The Kier molecular flexibility index (Phi) is 5.42. The summed E-state index contributed by atoms with van der Waals surface area (Å²) >= 11 is 0. The summed E-state index contributed by atoms with van der Waals surface area (Å²) in [5.41, 5.74) is 1.54. The predicted octanol–water partition coefficient (Wildman–Crippen LogP) is 5.64. The Morgan fingerprint density at radius 2 is 1.83 bits per heavy atom. The van der Waals surface area contributed by atoms with Crippen LogP contribution in [-0.2, 0) is 6.18 Å². The van der Waals surface area contributed by atoms with Crippen molar-refractivity contribution in [3.63, 3.8) is 0 Å². The molecule has 1 saturated heterocycles. The van der Waals surface area contributed by atoms with Gasteiger partial charge in [-0.1, -0.05) is 12.1 Å². The van der Waals surface area contributed by atoms with Crippen LogP contribution in [0.2, 0.25) is 0 Å². The van der Waals surface area contributed by atoms with Gasteiger partial charge < -0.3 is 20.5 Å². The Morgan fingerprint density at radius 1 is 1.10 bits per heavy atom. The first-order valence-corrected chi connectivity index (χ1v) is 9.85. The SMILES string of the molecule is CN1CCC(c2c[nH]c3ccc(NC(=O)Nc4ccccc4C(F)(F)F)cc23)CC1. The lowest BCUT2D eigenvalue weighted by molar-refractivity contribution is -0.136. The third-order valence-corrected chi connectivity index (χ3v) is 5.61. The van der Waals surface area contributed by atoms with Gasteiger partial charge >= 0.3 is 12.2 Å². The molecular weight excluding hydrogens is 393 g/mol. The fourth-order valence-electron chi connectivity index (χ4n) is 4.00. The van der Waals surface area contributed by atoms with Crippen LogP contribution in [0.15, 0.2) is 48.7 Å². The molecule has 30 heavy (non-hydrogen) atoms. The second-order valence-electron chi connectivity index (χ2n) is 7.70. The number of benzene rings is 2. The molecule has 3 aromatic rings. The van der Waals surface area contributed by atoms with Gasteiger partial charge in [0, 0.05) is 22.8 Å². The van der Waals surface area contributed by atoms with Gasteiger partial charge in [-0.05, 0) is 74.8 Å². The number of piperidine rings is 1. The lowest BCUT2D eigenvalue weighted by Gasteiger charge is -2.28. The zero-order valence-electron chi connectivity index (χ0n) is 16.5. The van der Waals surface area contributed by atoms with Crippen LogP contribution in [0.4, 0.5) is 29.3 Å². The number of fused-ring (bicyclic) bond motifs is 1. The highest BCUT2D eigenvalue weighted by Crippen LogP contribution is 2.35. The minimum atomic E-state index is -4.54. The number of rotatable bonds is 3. The molecule has 1 aromatic heterocycles. The Labute approximate surface area is 172 Å². The van der Waals surface area contributed by atoms with E-state index in [9.17, 15) is 18.0 Å². The van der Waals surface area contributed by atoms with Gasteiger partial charge in [-0.2, -0.15) is 13.2 Å². The zero-order valence-corrected chi connectivity index (χ0v) is 16.5. The molecule has 2 heterocycles. The molecule has 0 saturated carbocycles. The molecule has 0 unspecified atom stereocenters. The largest absolute Gasteiger partial charge is 0.418 e. The van der Waals surface area contributed by atoms with Crippen molar-refractivity contribution in [2.24, 2.45) is 0 Å². The Balaban J connectivity index is 1.52. The highest BCUT2D eigenvalue weighted by molar-refractivity contribution is 6.01. The fraction of sp³-hybridized carbons (Fsp3) is 0.318. The number of hydrogen-bond donors (Lipinski definition) is 3. The van der Waals surface area contributed by atoms with Gasteiger partial charge in [0.15, 0.2) is 0 Å². The number of carbonyl (C=O) groups is 1. The molecule has 0 aliphatic carbocycles. The van der Waals surface area contributed by atoms with Crippen LogP contribution in [0.5, 0.6) is 0 Å². The van der Waals surface area contributed by atoms with E-state index in [1.165, 1.54) is 23.8 Å². The first-order valence-electron chi connectivity index (χ1n) is 9.85. The number of hydrogen-bond acceptors (Lipinski definition) is 2. The molecule has 1 aliphatic heterocycles. The van der Waals surface area contributed by atoms with E-state index < -0.39 is 17.8 Å². The number of likely N-dealkylation sites (tertiary alicyclic amines) is 1. The molecule has 1 fully saturated rings. The molecular formula is C22H23F3N4O. The van der Waals surface area contributed by atoms with Crippen molar-refractivity contribution in [2.75, 3.05) is 30.8 Å². The van der Waals surface area contributed by atoms with E-state index in [2.05, 4.69) is 27.6 Å². The third-order valence-electron chi connectivity index (χ3n) is 5.61. The van der Waals surface area contributed by atoms with E-state index in [1.807, 2.05) is 18.3 Å². The molecule has 0 bridgehead atoms. The summed E-state index contributed by atoms with van der Waals surface area (Å²) in [6, 6.07) is 9.66. The number of aromatic amines is 1. The van der Waals surface area contributed by atoms with Crippen LogP contribution >= 0.6 is 0 Å². The first kappa shape index (κ1) is 20.3. The second kappa shape index (κ2) is 8.02. The molecule has 3 N–H and O–H groups in total. The monoisotopic (exact) mass is 416 g/mol. The number of carbonyl (C=O) groups excluding carboxylic acids is 1. The van der Waals surface area contributed by atoms with Crippen molar-refractivity contribution in [1.82, 2.24) is 9.88 Å². The zero-order chi connectivity index (χ0) is 21.3. The van der Waals surface area contributed by atoms with Crippen LogP contribution in [0.3, 0.4) is 0 Å². The predicted molar refractivity (Wildman–Crippen MR) is 112 cm³/mol.